The summed E-state index contributed by atoms with van der Waals surface area (Å²) in [5.41, 5.74) is -0.0415. The monoisotopic (exact) mass is 323 g/mol. The van der Waals surface area contributed by atoms with E-state index in [1.807, 2.05) is 13.8 Å². The van der Waals surface area contributed by atoms with Gasteiger partial charge in [0.25, 0.3) is 0 Å². The van der Waals surface area contributed by atoms with Crippen molar-refractivity contribution in [3.8, 4) is 0 Å². The van der Waals surface area contributed by atoms with E-state index in [9.17, 15) is 9.59 Å². The molecule has 0 saturated heterocycles. The molecule has 1 aliphatic carbocycles. The molecule has 0 aromatic carbocycles. The molecular weight excluding hydrogens is 286 g/mol. The number of rotatable bonds is 8. The van der Waals surface area contributed by atoms with Crippen molar-refractivity contribution in [3.63, 3.8) is 0 Å². The fourth-order valence-corrected chi connectivity index (χ4v) is 3.68. The lowest BCUT2D eigenvalue weighted by atomic mass is 9.78. The predicted molar refractivity (Wildman–Crippen MR) is 96.2 cm³/mol. The summed E-state index contributed by atoms with van der Waals surface area (Å²) in [5, 5.41) is 3.14. The number of Topliss-reactive ketones (excluding diaryl/α,β-unsaturated/α-hetero) is 1. The molecule has 1 rings (SSSR count). The van der Waals surface area contributed by atoms with Crippen LogP contribution in [0.2, 0.25) is 0 Å². The Morgan fingerprint density at radius 2 is 1.65 bits per heavy atom. The van der Waals surface area contributed by atoms with Crippen molar-refractivity contribution in [2.75, 3.05) is 6.54 Å². The predicted octanol–water partition coefficient (Wildman–Crippen LogP) is 4.60. The summed E-state index contributed by atoms with van der Waals surface area (Å²) in [6, 6.07) is 0. The fraction of sp³-hybridized carbons (Fsp3) is 0.900. The van der Waals surface area contributed by atoms with Gasteiger partial charge in [-0.2, -0.15) is 0 Å². The first-order valence-corrected chi connectivity index (χ1v) is 9.47. The van der Waals surface area contributed by atoms with Gasteiger partial charge in [-0.25, -0.2) is 0 Å². The average molecular weight is 324 g/mol. The van der Waals surface area contributed by atoms with Crippen LogP contribution in [0.25, 0.3) is 0 Å². The lowest BCUT2D eigenvalue weighted by Crippen LogP contribution is -2.40. The third-order valence-corrected chi connectivity index (χ3v) is 5.57. The zero-order valence-corrected chi connectivity index (χ0v) is 16.1. The van der Waals surface area contributed by atoms with Crippen molar-refractivity contribution in [2.45, 2.75) is 80.1 Å². The van der Waals surface area contributed by atoms with Crippen LogP contribution in [-0.4, -0.2) is 18.2 Å². The van der Waals surface area contributed by atoms with Crippen LogP contribution in [-0.2, 0) is 9.59 Å². The standard InChI is InChI=1S/C20H37NO2/c1-7-15(3)18(22)16(4)12-20(5,6)13-21-19(23)17-10-8-14(2)9-11-17/h14-17H,7-13H2,1-6H3,(H,21,23). The summed E-state index contributed by atoms with van der Waals surface area (Å²) in [7, 11) is 0. The minimum Gasteiger partial charge on any atom is -0.355 e. The van der Waals surface area contributed by atoms with E-state index in [1.54, 1.807) is 0 Å². The molecule has 1 amide bonds. The molecule has 0 aromatic rings. The summed E-state index contributed by atoms with van der Waals surface area (Å²) < 4.78 is 0. The number of nitrogens with one attached hydrogen (secondary N) is 1. The highest BCUT2D eigenvalue weighted by molar-refractivity contribution is 5.82. The smallest absolute Gasteiger partial charge is 0.223 e. The highest BCUT2D eigenvalue weighted by Crippen LogP contribution is 2.30. The molecule has 3 nitrogen and oxygen atoms in total. The van der Waals surface area contributed by atoms with Crippen LogP contribution in [0.3, 0.4) is 0 Å². The molecule has 0 spiro atoms. The Morgan fingerprint density at radius 1 is 1.09 bits per heavy atom. The maximum absolute atomic E-state index is 12.3. The first-order chi connectivity index (χ1) is 10.7. The molecule has 1 aliphatic rings. The van der Waals surface area contributed by atoms with Crippen molar-refractivity contribution in [1.29, 1.82) is 0 Å². The number of hydrogen-bond acceptors (Lipinski definition) is 2. The summed E-state index contributed by atoms with van der Waals surface area (Å²) in [6.45, 7) is 13.3. The highest BCUT2D eigenvalue weighted by Gasteiger charge is 2.29. The Kier molecular flexibility index (Phi) is 7.76. The van der Waals surface area contributed by atoms with E-state index in [0.29, 0.717) is 12.3 Å². The van der Waals surface area contributed by atoms with Crippen LogP contribution in [0.1, 0.15) is 80.1 Å². The minimum absolute atomic E-state index is 0.0415. The Balaban J connectivity index is 2.42. The SMILES string of the molecule is CCC(C)C(=O)C(C)CC(C)(C)CNC(=O)C1CCC(C)CC1. The Bertz CT molecular complexity index is 394. The first-order valence-electron chi connectivity index (χ1n) is 9.47. The lowest BCUT2D eigenvalue weighted by molar-refractivity contribution is -0.127. The third kappa shape index (κ3) is 6.64. The van der Waals surface area contributed by atoms with Crippen molar-refractivity contribution < 1.29 is 9.59 Å². The molecule has 134 valence electrons. The Morgan fingerprint density at radius 3 is 2.17 bits per heavy atom. The van der Waals surface area contributed by atoms with E-state index in [1.165, 1.54) is 12.8 Å². The van der Waals surface area contributed by atoms with E-state index in [4.69, 9.17) is 0 Å². The largest absolute Gasteiger partial charge is 0.355 e. The molecule has 1 N–H and O–H groups in total. The molecule has 2 unspecified atom stereocenters. The van der Waals surface area contributed by atoms with Crippen molar-refractivity contribution in [2.24, 2.45) is 29.1 Å². The number of ketones is 1. The average Bonchev–Trinajstić information content (AvgIpc) is 2.51. The fourth-order valence-electron chi connectivity index (χ4n) is 3.68. The summed E-state index contributed by atoms with van der Waals surface area (Å²) in [4.78, 5) is 24.6. The van der Waals surface area contributed by atoms with E-state index in [-0.39, 0.29) is 29.1 Å². The number of amides is 1. The van der Waals surface area contributed by atoms with Crippen molar-refractivity contribution in [3.05, 3.63) is 0 Å². The van der Waals surface area contributed by atoms with Gasteiger partial charge in [-0.3, -0.25) is 9.59 Å². The van der Waals surface area contributed by atoms with E-state index in [0.717, 1.165) is 31.6 Å². The first kappa shape index (κ1) is 20.2. The lowest BCUT2D eigenvalue weighted by Gasteiger charge is -2.31. The maximum Gasteiger partial charge on any atom is 0.223 e. The number of carbonyl (C=O) groups is 2. The van der Waals surface area contributed by atoms with E-state index < -0.39 is 0 Å². The summed E-state index contributed by atoms with van der Waals surface area (Å²) in [5.74, 6) is 1.73. The molecule has 23 heavy (non-hydrogen) atoms. The van der Waals surface area contributed by atoms with E-state index in [2.05, 4.69) is 33.0 Å². The van der Waals surface area contributed by atoms with E-state index >= 15 is 0 Å². The zero-order chi connectivity index (χ0) is 17.6. The van der Waals surface area contributed by atoms with Crippen LogP contribution in [0.5, 0.6) is 0 Å². The van der Waals surface area contributed by atoms with Crippen LogP contribution in [0.15, 0.2) is 0 Å². The van der Waals surface area contributed by atoms with Gasteiger partial charge < -0.3 is 5.32 Å². The third-order valence-electron chi connectivity index (χ3n) is 5.57. The Hall–Kier alpha value is -0.860. The van der Waals surface area contributed by atoms with Gasteiger partial charge in [0.2, 0.25) is 5.91 Å². The highest BCUT2D eigenvalue weighted by atomic mass is 16.2. The van der Waals surface area contributed by atoms with Gasteiger partial charge >= 0.3 is 0 Å². The molecule has 3 heteroatoms. The molecule has 0 bridgehead atoms. The summed E-state index contributed by atoms with van der Waals surface area (Å²) >= 11 is 0. The number of hydrogen-bond donors (Lipinski definition) is 1. The van der Waals surface area contributed by atoms with Crippen LogP contribution in [0.4, 0.5) is 0 Å². The van der Waals surface area contributed by atoms with Crippen LogP contribution < -0.4 is 5.32 Å². The van der Waals surface area contributed by atoms with Gasteiger partial charge in [-0.1, -0.05) is 41.5 Å². The minimum atomic E-state index is -0.0415. The van der Waals surface area contributed by atoms with Crippen LogP contribution in [0, 0.1) is 29.1 Å². The van der Waals surface area contributed by atoms with Crippen LogP contribution >= 0.6 is 0 Å². The summed E-state index contributed by atoms with van der Waals surface area (Å²) in [6.07, 6.45) is 6.12. The quantitative estimate of drug-likeness (QED) is 0.709. The second kappa shape index (κ2) is 8.84. The molecule has 0 heterocycles. The van der Waals surface area contributed by atoms with Gasteiger partial charge in [0, 0.05) is 24.3 Å². The normalized spacial score (nSPS) is 24.8. The topological polar surface area (TPSA) is 46.2 Å². The molecule has 0 radical (unpaired) electrons. The van der Waals surface area contributed by atoms with Gasteiger partial charge in [0.1, 0.15) is 5.78 Å². The van der Waals surface area contributed by atoms with Gasteiger partial charge in [-0.15, -0.1) is 0 Å². The van der Waals surface area contributed by atoms with Crippen molar-refractivity contribution in [1.82, 2.24) is 5.32 Å². The second-order valence-corrected chi connectivity index (χ2v) is 8.66. The molecule has 2 atom stereocenters. The molecule has 1 fully saturated rings. The Labute approximate surface area is 143 Å². The van der Waals surface area contributed by atoms with Gasteiger partial charge in [-0.05, 0) is 49.9 Å². The van der Waals surface area contributed by atoms with Crippen molar-refractivity contribution >= 4 is 11.7 Å². The number of carbonyl (C=O) groups excluding carboxylic acids is 2. The molecule has 0 aliphatic heterocycles. The maximum atomic E-state index is 12.3. The molecular formula is C20H37NO2. The van der Waals surface area contributed by atoms with Gasteiger partial charge in [0.15, 0.2) is 0 Å². The molecule has 1 saturated carbocycles. The second-order valence-electron chi connectivity index (χ2n) is 8.66. The zero-order valence-electron chi connectivity index (χ0n) is 16.1. The van der Waals surface area contributed by atoms with Gasteiger partial charge in [0.05, 0.1) is 0 Å². The molecule has 0 aromatic heterocycles.